The number of carbonyl (C=O) groups is 3. The van der Waals surface area contributed by atoms with Gasteiger partial charge in [-0.15, -0.1) is 6.58 Å². The number of esters is 3. The van der Waals surface area contributed by atoms with Gasteiger partial charge >= 0.3 is 17.9 Å². The Morgan fingerprint density at radius 2 is 1.00 bits per heavy atom. The van der Waals surface area contributed by atoms with Gasteiger partial charge in [-0.3, -0.25) is 0 Å². The van der Waals surface area contributed by atoms with Gasteiger partial charge in [0.25, 0.3) is 8.32 Å². The molecule has 5 atom stereocenters. The molecular weight excluding hydrogens is 749 g/mol. The van der Waals surface area contributed by atoms with E-state index < -0.39 is 62.0 Å². The van der Waals surface area contributed by atoms with Crippen LogP contribution in [0, 0.1) is 0 Å². The van der Waals surface area contributed by atoms with Crippen LogP contribution in [0.1, 0.15) is 64.7 Å². The topological polar surface area (TPSA) is 107 Å². The lowest BCUT2D eigenvalue weighted by Crippen LogP contribution is -2.69. The van der Waals surface area contributed by atoms with E-state index in [9.17, 15) is 14.4 Å². The maximum Gasteiger partial charge on any atom is 0.338 e. The Labute approximate surface area is 341 Å². The third-order valence-corrected chi connectivity index (χ3v) is 15.1. The second-order valence-corrected chi connectivity index (χ2v) is 19.3. The van der Waals surface area contributed by atoms with Crippen molar-refractivity contribution in [2.75, 3.05) is 13.2 Å². The standard InChI is InChI=1S/C48H50O9Si/c1-5-6-22-33-52-47-43(57-46(51)37-27-16-9-17-28-37)42(56-45(50)36-25-14-8-15-26-36)41(55-44(49)35-23-12-7-13-24-35)40(54-47)34-53-58(48(2,3)4,38-29-18-10-19-30-38)39-31-20-11-21-32-39/h5,7-21,23-32,40-43,47H,1,6,22,33-34H2,2-4H3/t40-,41-,42+,43+,47?/m1/s1. The molecule has 0 bridgehead atoms. The van der Waals surface area contributed by atoms with Crippen LogP contribution in [-0.4, -0.2) is 70.1 Å². The molecule has 0 amide bonds. The molecule has 0 saturated carbocycles. The van der Waals surface area contributed by atoms with Crippen LogP contribution in [0.4, 0.5) is 0 Å². The molecule has 0 N–H and O–H groups in total. The highest BCUT2D eigenvalue weighted by Crippen LogP contribution is 2.38. The highest BCUT2D eigenvalue weighted by molar-refractivity contribution is 6.99. The summed E-state index contributed by atoms with van der Waals surface area (Å²) in [4.78, 5) is 41.9. The van der Waals surface area contributed by atoms with E-state index in [4.69, 9.17) is 28.1 Å². The van der Waals surface area contributed by atoms with Crippen LogP contribution < -0.4 is 10.4 Å². The number of carbonyl (C=O) groups excluding carboxylic acids is 3. The third-order valence-electron chi connectivity index (χ3n) is 10.1. The molecular formula is C48H50O9Si. The lowest BCUT2D eigenvalue weighted by molar-refractivity contribution is -0.297. The monoisotopic (exact) mass is 798 g/mol. The van der Waals surface area contributed by atoms with Crippen LogP contribution in [0.15, 0.2) is 164 Å². The van der Waals surface area contributed by atoms with Crippen molar-refractivity contribution in [2.45, 2.75) is 69.4 Å². The molecule has 0 aliphatic carbocycles. The van der Waals surface area contributed by atoms with Crippen LogP contribution in [-0.2, 0) is 28.1 Å². The molecule has 1 heterocycles. The summed E-state index contributed by atoms with van der Waals surface area (Å²) in [6.45, 7) is 10.4. The summed E-state index contributed by atoms with van der Waals surface area (Å²) >= 11 is 0. The summed E-state index contributed by atoms with van der Waals surface area (Å²) in [5.41, 5.74) is 0.776. The number of unbranched alkanes of at least 4 members (excludes halogenated alkanes) is 1. The zero-order valence-electron chi connectivity index (χ0n) is 33.1. The van der Waals surface area contributed by atoms with E-state index in [0.29, 0.717) is 12.8 Å². The van der Waals surface area contributed by atoms with E-state index in [1.165, 1.54) is 0 Å². The smallest absolute Gasteiger partial charge is 0.338 e. The van der Waals surface area contributed by atoms with Gasteiger partial charge in [0.15, 0.2) is 24.6 Å². The summed E-state index contributed by atoms with van der Waals surface area (Å²) in [5, 5.41) is 1.65. The SMILES string of the molecule is C=CCCCOC1O[C@H](CO[Si](c2ccccc2)(c2ccccc2)C(C)(C)C)[C@@H](OC(=O)c2ccccc2)[C@H](OC(=O)c2ccccc2)[C@@H]1OC(=O)c1ccccc1. The number of benzene rings is 5. The van der Waals surface area contributed by atoms with E-state index in [1.54, 1.807) is 97.1 Å². The van der Waals surface area contributed by atoms with Gasteiger partial charge in [0.05, 0.1) is 29.9 Å². The van der Waals surface area contributed by atoms with E-state index in [2.05, 4.69) is 51.6 Å². The van der Waals surface area contributed by atoms with Gasteiger partial charge in [0.1, 0.15) is 6.10 Å². The van der Waals surface area contributed by atoms with E-state index >= 15 is 0 Å². The van der Waals surface area contributed by atoms with Gasteiger partial charge in [-0.1, -0.05) is 142 Å². The van der Waals surface area contributed by atoms with Crippen LogP contribution in [0.3, 0.4) is 0 Å². The minimum absolute atomic E-state index is 0.106. The first kappa shape index (κ1) is 42.0. The van der Waals surface area contributed by atoms with Crippen LogP contribution >= 0.6 is 0 Å². The first-order chi connectivity index (χ1) is 28.1. The molecule has 1 aliphatic heterocycles. The van der Waals surface area contributed by atoms with Gasteiger partial charge in [-0.25, -0.2) is 14.4 Å². The molecule has 0 aromatic heterocycles. The first-order valence-electron chi connectivity index (χ1n) is 19.5. The van der Waals surface area contributed by atoms with Gasteiger partial charge in [-0.2, -0.15) is 0 Å². The Hall–Kier alpha value is -5.65. The van der Waals surface area contributed by atoms with Gasteiger partial charge in [-0.05, 0) is 64.7 Å². The van der Waals surface area contributed by atoms with Crippen molar-refractivity contribution in [1.82, 2.24) is 0 Å². The Morgan fingerprint density at radius 3 is 1.41 bits per heavy atom. The summed E-state index contributed by atoms with van der Waals surface area (Å²) in [6.07, 6.45) is -3.41. The quantitative estimate of drug-likeness (QED) is 0.0323. The van der Waals surface area contributed by atoms with Crippen molar-refractivity contribution in [1.29, 1.82) is 0 Å². The van der Waals surface area contributed by atoms with Crippen molar-refractivity contribution in [2.24, 2.45) is 0 Å². The second-order valence-electron chi connectivity index (χ2n) is 15.0. The molecule has 1 unspecified atom stereocenters. The van der Waals surface area contributed by atoms with Gasteiger partial charge in [0, 0.05) is 0 Å². The number of allylic oxidation sites excluding steroid dienone is 1. The van der Waals surface area contributed by atoms with E-state index in [1.807, 2.05) is 36.4 Å². The predicted molar refractivity (Wildman–Crippen MR) is 225 cm³/mol. The third kappa shape index (κ3) is 9.89. The normalized spacial score (nSPS) is 19.4. The summed E-state index contributed by atoms with van der Waals surface area (Å²) in [6, 6.07) is 45.6. The molecule has 10 heteroatoms. The average Bonchev–Trinajstić information content (AvgIpc) is 3.25. The maximum absolute atomic E-state index is 14.0. The van der Waals surface area contributed by atoms with Crippen molar-refractivity contribution < 1.29 is 42.5 Å². The fraction of sp³-hybridized carbons (Fsp3) is 0.271. The highest BCUT2D eigenvalue weighted by Gasteiger charge is 2.56. The van der Waals surface area contributed by atoms with Crippen LogP contribution in [0.5, 0.6) is 0 Å². The average molecular weight is 799 g/mol. The lowest BCUT2D eigenvalue weighted by Gasteiger charge is -2.47. The van der Waals surface area contributed by atoms with Crippen molar-refractivity contribution in [3.63, 3.8) is 0 Å². The molecule has 58 heavy (non-hydrogen) atoms. The first-order valence-corrected chi connectivity index (χ1v) is 21.4. The second kappa shape index (κ2) is 19.7. The van der Waals surface area contributed by atoms with Crippen LogP contribution in [0.25, 0.3) is 0 Å². The van der Waals surface area contributed by atoms with Gasteiger partial charge < -0.3 is 28.1 Å². The minimum atomic E-state index is -3.18. The molecule has 5 aromatic rings. The molecule has 5 aromatic carbocycles. The Morgan fingerprint density at radius 1 is 0.603 bits per heavy atom. The molecule has 1 aliphatic rings. The molecule has 0 spiro atoms. The van der Waals surface area contributed by atoms with E-state index in [-0.39, 0.29) is 29.9 Å². The zero-order chi connectivity index (χ0) is 41.0. The fourth-order valence-electron chi connectivity index (χ4n) is 7.24. The number of ether oxygens (including phenoxy) is 5. The molecule has 0 radical (unpaired) electrons. The number of rotatable bonds is 16. The molecule has 300 valence electrons. The van der Waals surface area contributed by atoms with Gasteiger partial charge in [0.2, 0.25) is 0 Å². The van der Waals surface area contributed by atoms with E-state index in [0.717, 1.165) is 10.4 Å². The van der Waals surface area contributed by atoms with Crippen molar-refractivity contribution in [3.8, 4) is 0 Å². The maximum atomic E-state index is 14.0. The number of hydrogen-bond donors (Lipinski definition) is 0. The van der Waals surface area contributed by atoms with Crippen molar-refractivity contribution >= 4 is 36.6 Å². The summed E-state index contributed by atoms with van der Waals surface area (Å²) in [7, 11) is -3.18. The predicted octanol–water partition coefficient (Wildman–Crippen LogP) is 7.95. The summed E-state index contributed by atoms with van der Waals surface area (Å²) < 4.78 is 39.3. The molecule has 1 fully saturated rings. The van der Waals surface area contributed by atoms with Crippen molar-refractivity contribution in [3.05, 3.63) is 181 Å². The fourth-order valence-corrected chi connectivity index (χ4v) is 11.8. The largest absolute Gasteiger partial charge is 0.452 e. The molecule has 6 rings (SSSR count). The highest BCUT2D eigenvalue weighted by atomic mass is 28.4. The Kier molecular flexibility index (Phi) is 14.2. The number of hydrogen-bond acceptors (Lipinski definition) is 9. The minimum Gasteiger partial charge on any atom is -0.452 e. The van der Waals surface area contributed by atoms with Crippen LogP contribution in [0.2, 0.25) is 5.04 Å². The molecule has 1 saturated heterocycles. The Bertz CT molecular complexity index is 2030. The Balaban J connectivity index is 1.47. The lowest BCUT2D eigenvalue weighted by atomic mass is 9.97. The molecule has 9 nitrogen and oxygen atoms in total. The summed E-state index contributed by atoms with van der Waals surface area (Å²) in [5.74, 6) is -2.11. The zero-order valence-corrected chi connectivity index (χ0v) is 34.1.